The van der Waals surface area contributed by atoms with E-state index in [1.165, 1.54) is 4.90 Å². The molecule has 0 unspecified atom stereocenters. The number of anilines is 1. The molecule has 248 valence electrons. The first-order valence-corrected chi connectivity index (χ1v) is 17.8. The monoisotopic (exact) mass is 671 g/mol. The molecule has 0 aliphatic carbocycles. The fraction of sp³-hybridized carbons (Fsp3) is 0.368. The summed E-state index contributed by atoms with van der Waals surface area (Å²) in [5, 5.41) is 21.9. The summed E-state index contributed by atoms with van der Waals surface area (Å²) in [7, 11) is 0. The topological polar surface area (TPSA) is 93.1 Å². The Morgan fingerprint density at radius 1 is 0.766 bits per heavy atom. The summed E-state index contributed by atoms with van der Waals surface area (Å²) in [5.41, 5.74) is 4.54. The van der Waals surface area contributed by atoms with Crippen LogP contribution >= 0.6 is 23.5 Å². The molecule has 9 heteroatoms. The van der Waals surface area contributed by atoms with Crippen LogP contribution in [0.15, 0.2) is 93.7 Å². The van der Waals surface area contributed by atoms with Crippen molar-refractivity contribution < 1.29 is 19.8 Å². The highest BCUT2D eigenvalue weighted by Crippen LogP contribution is 2.46. The molecule has 3 heterocycles. The Balaban J connectivity index is 0.000000241. The molecule has 3 aromatic carbocycles. The van der Waals surface area contributed by atoms with Gasteiger partial charge in [0.2, 0.25) is 5.91 Å². The lowest BCUT2D eigenvalue weighted by Crippen LogP contribution is -2.46. The molecule has 0 bridgehead atoms. The molecule has 0 radical (unpaired) electrons. The van der Waals surface area contributed by atoms with Crippen molar-refractivity contribution in [3.8, 4) is 5.75 Å². The lowest BCUT2D eigenvalue weighted by atomic mass is 9.97. The molecular formula is C38H45N3O4S2. The molecule has 3 aliphatic heterocycles. The van der Waals surface area contributed by atoms with Crippen molar-refractivity contribution in [2.45, 2.75) is 59.8 Å². The van der Waals surface area contributed by atoms with Crippen LogP contribution in [0.4, 0.5) is 5.69 Å². The van der Waals surface area contributed by atoms with E-state index in [1.54, 1.807) is 35.7 Å². The van der Waals surface area contributed by atoms with Crippen molar-refractivity contribution >= 4 is 53.2 Å². The number of unbranched alkanes of at least 4 members (excludes halogenated alkanes) is 1. The van der Waals surface area contributed by atoms with Crippen molar-refractivity contribution in [3.05, 3.63) is 95.1 Å². The van der Waals surface area contributed by atoms with E-state index in [-0.39, 0.29) is 15.4 Å². The Morgan fingerprint density at radius 2 is 1.34 bits per heavy atom. The standard InChI is InChI=1S/C26H33N3O2S.C12H12O2S/c1-26(2)23(18-20-8-3-4-11-24(20)32-26)25(31)27-12-5-6-13-28-14-16-29(17-15-28)21-9-7-10-22(30)19-21;1-12(2)9(11(13)14)7-8-5-3-4-6-10(8)15-12/h3-4,7-11,18-19,30H,5-6,12-17H2,1-2H3,(H,27,31);3-7H,1-2H3,(H,13,14). The predicted octanol–water partition coefficient (Wildman–Crippen LogP) is 7.42. The zero-order valence-corrected chi connectivity index (χ0v) is 29.3. The summed E-state index contributed by atoms with van der Waals surface area (Å²) in [6.07, 6.45) is 5.88. The fourth-order valence-electron chi connectivity index (χ4n) is 6.04. The highest BCUT2D eigenvalue weighted by Gasteiger charge is 2.34. The van der Waals surface area contributed by atoms with E-state index in [1.807, 2.05) is 68.5 Å². The maximum Gasteiger partial charge on any atom is 0.333 e. The maximum atomic E-state index is 12.9. The predicted molar refractivity (Wildman–Crippen MR) is 195 cm³/mol. The van der Waals surface area contributed by atoms with E-state index in [0.717, 1.165) is 72.8 Å². The summed E-state index contributed by atoms with van der Waals surface area (Å²) in [6.45, 7) is 13.9. The molecule has 1 saturated heterocycles. The van der Waals surface area contributed by atoms with Crippen molar-refractivity contribution in [1.29, 1.82) is 0 Å². The normalized spacial score (nSPS) is 18.0. The van der Waals surface area contributed by atoms with Gasteiger partial charge < -0.3 is 20.4 Å². The van der Waals surface area contributed by atoms with E-state index in [0.29, 0.717) is 17.9 Å². The van der Waals surface area contributed by atoms with Gasteiger partial charge in [0.25, 0.3) is 0 Å². The van der Waals surface area contributed by atoms with Crippen LogP contribution in [0.5, 0.6) is 5.75 Å². The number of phenolic OH excluding ortho intramolecular Hbond substituents is 1. The van der Waals surface area contributed by atoms with Gasteiger partial charge in [-0.15, -0.1) is 23.5 Å². The summed E-state index contributed by atoms with van der Waals surface area (Å²) < 4.78 is -0.589. The van der Waals surface area contributed by atoms with Gasteiger partial charge in [-0.1, -0.05) is 42.5 Å². The Hall–Kier alpha value is -3.66. The van der Waals surface area contributed by atoms with Crippen LogP contribution in [0.2, 0.25) is 0 Å². The number of rotatable bonds is 8. The second kappa shape index (κ2) is 15.0. The third-order valence-corrected chi connectivity index (χ3v) is 11.3. The third-order valence-electron chi connectivity index (χ3n) is 8.69. The summed E-state index contributed by atoms with van der Waals surface area (Å²) in [4.78, 5) is 31.1. The number of aromatic hydroxyl groups is 1. The van der Waals surface area contributed by atoms with Gasteiger partial charge in [-0.25, -0.2) is 4.79 Å². The number of benzene rings is 3. The van der Waals surface area contributed by atoms with Crippen molar-refractivity contribution in [2.24, 2.45) is 0 Å². The van der Waals surface area contributed by atoms with Crippen LogP contribution in [0.1, 0.15) is 51.7 Å². The van der Waals surface area contributed by atoms with Gasteiger partial charge in [0.1, 0.15) is 5.75 Å². The van der Waals surface area contributed by atoms with Gasteiger partial charge in [-0.3, -0.25) is 9.69 Å². The molecular weight excluding hydrogens is 627 g/mol. The molecule has 7 nitrogen and oxygen atoms in total. The number of nitrogens with zero attached hydrogens (tertiary/aromatic N) is 2. The number of piperazine rings is 1. The molecule has 0 spiro atoms. The molecule has 47 heavy (non-hydrogen) atoms. The highest BCUT2D eigenvalue weighted by molar-refractivity contribution is 8.01. The largest absolute Gasteiger partial charge is 0.508 e. The number of hydrogen-bond acceptors (Lipinski definition) is 7. The summed E-state index contributed by atoms with van der Waals surface area (Å²) in [6, 6.07) is 23.6. The molecule has 1 amide bonds. The van der Waals surface area contributed by atoms with Gasteiger partial charge in [-0.2, -0.15) is 0 Å². The van der Waals surface area contributed by atoms with Crippen molar-refractivity contribution in [3.63, 3.8) is 0 Å². The zero-order chi connectivity index (χ0) is 33.6. The van der Waals surface area contributed by atoms with Gasteiger partial charge in [0.05, 0.1) is 5.57 Å². The van der Waals surface area contributed by atoms with E-state index >= 15 is 0 Å². The van der Waals surface area contributed by atoms with E-state index < -0.39 is 5.97 Å². The first-order chi connectivity index (χ1) is 22.4. The number of phenols is 1. The van der Waals surface area contributed by atoms with Crippen LogP contribution in [0.3, 0.4) is 0 Å². The number of carboxylic acid groups (broad SMARTS) is 1. The molecule has 0 atom stereocenters. The second-order valence-electron chi connectivity index (χ2n) is 13.0. The number of carboxylic acids is 1. The minimum absolute atomic E-state index is 0.0525. The number of aliphatic carboxylic acids is 1. The lowest BCUT2D eigenvalue weighted by molar-refractivity contribution is -0.132. The number of thioether (sulfide) groups is 2. The number of fused-ring (bicyclic) bond motifs is 2. The maximum absolute atomic E-state index is 12.9. The van der Waals surface area contributed by atoms with E-state index in [2.05, 4.69) is 47.2 Å². The SMILES string of the molecule is CC1(C)Sc2ccccc2C=C1C(=O)NCCCCN1CCN(c2cccc(O)c2)CC1.CC1(C)Sc2ccccc2C=C1C(=O)O. The molecule has 0 saturated carbocycles. The molecule has 3 N–H and O–H groups in total. The lowest BCUT2D eigenvalue weighted by Gasteiger charge is -2.36. The fourth-order valence-corrected chi connectivity index (χ4v) is 8.44. The van der Waals surface area contributed by atoms with Crippen LogP contribution in [-0.4, -0.2) is 75.8 Å². The van der Waals surface area contributed by atoms with Gasteiger partial charge in [-0.05, 0) is 94.6 Å². The zero-order valence-electron chi connectivity index (χ0n) is 27.7. The van der Waals surface area contributed by atoms with E-state index in [9.17, 15) is 14.7 Å². The van der Waals surface area contributed by atoms with Crippen LogP contribution < -0.4 is 10.2 Å². The smallest absolute Gasteiger partial charge is 0.333 e. The first kappa shape index (κ1) is 34.7. The third kappa shape index (κ3) is 8.83. The van der Waals surface area contributed by atoms with Crippen LogP contribution in [-0.2, 0) is 9.59 Å². The average molecular weight is 672 g/mol. The highest BCUT2D eigenvalue weighted by atomic mass is 32.2. The first-order valence-electron chi connectivity index (χ1n) is 16.2. The van der Waals surface area contributed by atoms with Crippen LogP contribution in [0.25, 0.3) is 12.2 Å². The summed E-state index contributed by atoms with van der Waals surface area (Å²) >= 11 is 3.36. The number of hydrogen-bond donors (Lipinski definition) is 3. The van der Waals surface area contributed by atoms with Crippen LogP contribution in [0, 0.1) is 0 Å². The minimum atomic E-state index is -0.831. The second-order valence-corrected chi connectivity index (χ2v) is 16.4. The number of carbonyl (C=O) groups excluding carboxylic acids is 1. The molecule has 3 aliphatic rings. The minimum Gasteiger partial charge on any atom is -0.508 e. The van der Waals surface area contributed by atoms with Crippen molar-refractivity contribution in [1.82, 2.24) is 10.2 Å². The molecule has 3 aromatic rings. The molecule has 1 fully saturated rings. The van der Waals surface area contributed by atoms with Gasteiger partial charge in [0, 0.05) is 69.3 Å². The molecule has 0 aromatic heterocycles. The van der Waals surface area contributed by atoms with Gasteiger partial charge in [0.15, 0.2) is 0 Å². The Morgan fingerprint density at radius 3 is 1.94 bits per heavy atom. The Bertz CT molecular complexity index is 1660. The number of amides is 1. The number of nitrogens with one attached hydrogen (secondary N) is 1. The quantitative estimate of drug-likeness (QED) is 0.213. The Labute approximate surface area is 287 Å². The van der Waals surface area contributed by atoms with Gasteiger partial charge >= 0.3 is 5.97 Å². The summed E-state index contributed by atoms with van der Waals surface area (Å²) in [5.74, 6) is -0.458. The van der Waals surface area contributed by atoms with Crippen molar-refractivity contribution in [2.75, 3.05) is 44.2 Å². The molecule has 6 rings (SSSR count). The average Bonchev–Trinajstić information content (AvgIpc) is 3.03. The Kier molecular flexibility index (Phi) is 11.1. The number of carbonyl (C=O) groups is 2. The van der Waals surface area contributed by atoms with E-state index in [4.69, 9.17) is 5.11 Å².